The summed E-state index contributed by atoms with van der Waals surface area (Å²) in [5, 5.41) is 14.8. The van der Waals surface area contributed by atoms with Crippen molar-refractivity contribution in [2.75, 3.05) is 13.2 Å². The minimum absolute atomic E-state index is 0.208. The lowest BCUT2D eigenvalue weighted by atomic mass is 9.88. The molecule has 0 bridgehead atoms. The molecule has 5 rings (SSSR count). The normalized spacial score (nSPS) is 30.4. The zero-order chi connectivity index (χ0) is 16.9. The van der Waals surface area contributed by atoms with Crippen molar-refractivity contribution in [3.8, 4) is 5.75 Å². The van der Waals surface area contributed by atoms with Crippen LogP contribution in [-0.4, -0.2) is 35.5 Å². The standard InChI is InChI=1S/C20H22N2O3/c23-20-8-6-15(13-4-2-1-3-5-13)19(20)25-18-16(20)7-9-21-17(18)10-22-14-11-24-12-14/h1-5,7,9,14-15,19,22-23H,6,8,10-12H2. The molecule has 2 aromatic rings. The number of aliphatic hydroxyl groups is 1. The van der Waals surface area contributed by atoms with Gasteiger partial charge >= 0.3 is 0 Å². The van der Waals surface area contributed by atoms with Crippen LogP contribution in [0.15, 0.2) is 42.6 Å². The van der Waals surface area contributed by atoms with Crippen molar-refractivity contribution in [3.05, 3.63) is 59.4 Å². The van der Waals surface area contributed by atoms with Gasteiger partial charge in [-0.2, -0.15) is 0 Å². The molecule has 1 saturated carbocycles. The fourth-order valence-electron chi connectivity index (χ4n) is 4.32. The van der Waals surface area contributed by atoms with Gasteiger partial charge in [-0.3, -0.25) is 4.98 Å². The molecule has 1 aromatic carbocycles. The average molecular weight is 338 g/mol. The first-order valence-electron chi connectivity index (χ1n) is 8.99. The molecule has 2 aliphatic heterocycles. The van der Waals surface area contributed by atoms with E-state index in [9.17, 15) is 5.11 Å². The quantitative estimate of drug-likeness (QED) is 0.894. The predicted molar refractivity (Wildman–Crippen MR) is 92.4 cm³/mol. The number of ether oxygens (including phenoxy) is 2. The second-order valence-corrected chi connectivity index (χ2v) is 7.27. The van der Waals surface area contributed by atoms with Crippen molar-refractivity contribution in [2.24, 2.45) is 0 Å². The number of hydrogen-bond acceptors (Lipinski definition) is 5. The molecule has 3 atom stereocenters. The number of aromatic nitrogens is 1. The van der Waals surface area contributed by atoms with Gasteiger partial charge in [0.2, 0.25) is 0 Å². The number of fused-ring (bicyclic) bond motifs is 3. The number of pyridine rings is 1. The molecule has 3 aliphatic rings. The van der Waals surface area contributed by atoms with Crippen molar-refractivity contribution in [3.63, 3.8) is 0 Å². The van der Waals surface area contributed by atoms with Gasteiger partial charge in [-0.05, 0) is 24.5 Å². The molecule has 5 nitrogen and oxygen atoms in total. The third-order valence-corrected chi connectivity index (χ3v) is 5.79. The molecule has 1 aromatic heterocycles. The number of hydrogen-bond donors (Lipinski definition) is 2. The Labute approximate surface area is 147 Å². The minimum Gasteiger partial charge on any atom is -0.484 e. The van der Waals surface area contributed by atoms with Crippen LogP contribution >= 0.6 is 0 Å². The van der Waals surface area contributed by atoms with E-state index in [0.29, 0.717) is 12.6 Å². The molecule has 3 heterocycles. The largest absolute Gasteiger partial charge is 0.484 e. The average Bonchev–Trinajstić information content (AvgIpc) is 3.07. The summed E-state index contributed by atoms with van der Waals surface area (Å²) in [6.07, 6.45) is 3.20. The molecule has 5 heteroatoms. The molecule has 0 radical (unpaired) electrons. The summed E-state index contributed by atoms with van der Waals surface area (Å²) >= 11 is 0. The third kappa shape index (κ3) is 2.38. The van der Waals surface area contributed by atoms with Gasteiger partial charge in [-0.25, -0.2) is 0 Å². The highest BCUT2D eigenvalue weighted by atomic mass is 16.5. The van der Waals surface area contributed by atoms with Gasteiger partial charge in [0.05, 0.1) is 24.9 Å². The Morgan fingerprint density at radius 1 is 1.20 bits per heavy atom. The molecule has 2 fully saturated rings. The first-order chi connectivity index (χ1) is 12.3. The van der Waals surface area contributed by atoms with Gasteiger partial charge in [0.15, 0.2) is 0 Å². The Balaban J connectivity index is 1.44. The monoisotopic (exact) mass is 338 g/mol. The van der Waals surface area contributed by atoms with Gasteiger partial charge in [0.25, 0.3) is 0 Å². The summed E-state index contributed by atoms with van der Waals surface area (Å²) in [4.78, 5) is 4.50. The van der Waals surface area contributed by atoms with Gasteiger partial charge in [0, 0.05) is 24.2 Å². The Hall–Kier alpha value is -1.95. The van der Waals surface area contributed by atoms with E-state index in [2.05, 4.69) is 22.4 Å². The van der Waals surface area contributed by atoms with E-state index in [-0.39, 0.29) is 12.0 Å². The minimum atomic E-state index is -0.910. The van der Waals surface area contributed by atoms with Gasteiger partial charge < -0.3 is 19.9 Å². The van der Waals surface area contributed by atoms with Gasteiger partial charge in [0.1, 0.15) is 17.5 Å². The highest BCUT2D eigenvalue weighted by Crippen LogP contribution is 2.55. The zero-order valence-corrected chi connectivity index (χ0v) is 14.0. The second-order valence-electron chi connectivity index (χ2n) is 7.27. The smallest absolute Gasteiger partial charge is 0.148 e. The van der Waals surface area contributed by atoms with Crippen LogP contribution in [0.5, 0.6) is 5.75 Å². The van der Waals surface area contributed by atoms with Crippen LogP contribution in [-0.2, 0) is 16.9 Å². The summed E-state index contributed by atoms with van der Waals surface area (Å²) in [5.41, 5.74) is 2.09. The molecule has 25 heavy (non-hydrogen) atoms. The van der Waals surface area contributed by atoms with Crippen LogP contribution in [0.25, 0.3) is 0 Å². The van der Waals surface area contributed by atoms with E-state index in [0.717, 1.165) is 43.1 Å². The fourth-order valence-corrected chi connectivity index (χ4v) is 4.32. The molecule has 130 valence electrons. The summed E-state index contributed by atoms with van der Waals surface area (Å²) in [5.74, 6) is 0.975. The van der Waals surface area contributed by atoms with E-state index in [4.69, 9.17) is 9.47 Å². The van der Waals surface area contributed by atoms with Crippen molar-refractivity contribution in [1.82, 2.24) is 10.3 Å². The van der Waals surface area contributed by atoms with Crippen molar-refractivity contribution in [2.45, 2.75) is 43.1 Å². The van der Waals surface area contributed by atoms with Crippen molar-refractivity contribution < 1.29 is 14.6 Å². The van der Waals surface area contributed by atoms with Crippen molar-refractivity contribution >= 4 is 0 Å². The number of rotatable bonds is 4. The summed E-state index contributed by atoms with van der Waals surface area (Å²) in [7, 11) is 0. The lowest BCUT2D eigenvalue weighted by Gasteiger charge is -2.27. The van der Waals surface area contributed by atoms with E-state index in [1.165, 1.54) is 5.56 Å². The summed E-state index contributed by atoms with van der Waals surface area (Å²) < 4.78 is 11.5. The molecule has 3 unspecified atom stereocenters. The first kappa shape index (κ1) is 15.3. The fraction of sp³-hybridized carbons (Fsp3) is 0.450. The van der Waals surface area contributed by atoms with Crippen LogP contribution < -0.4 is 10.1 Å². The summed E-state index contributed by atoms with van der Waals surface area (Å²) in [6, 6.07) is 12.7. The lowest BCUT2D eigenvalue weighted by molar-refractivity contribution is -0.0222. The molecule has 2 N–H and O–H groups in total. The molecular weight excluding hydrogens is 316 g/mol. The molecule has 1 saturated heterocycles. The predicted octanol–water partition coefficient (Wildman–Crippen LogP) is 2.10. The van der Waals surface area contributed by atoms with Crippen LogP contribution in [0.3, 0.4) is 0 Å². The molecule has 1 aliphatic carbocycles. The van der Waals surface area contributed by atoms with E-state index < -0.39 is 5.60 Å². The number of nitrogens with one attached hydrogen (secondary N) is 1. The van der Waals surface area contributed by atoms with Crippen molar-refractivity contribution in [1.29, 1.82) is 0 Å². The Morgan fingerprint density at radius 2 is 2.04 bits per heavy atom. The maximum atomic E-state index is 11.4. The van der Waals surface area contributed by atoms with Gasteiger partial charge in [-0.15, -0.1) is 0 Å². The second kappa shape index (κ2) is 5.80. The lowest BCUT2D eigenvalue weighted by Crippen LogP contribution is -2.45. The number of nitrogens with zero attached hydrogens (tertiary/aromatic N) is 1. The molecular formula is C20H22N2O3. The van der Waals surface area contributed by atoms with E-state index in [1.54, 1.807) is 6.20 Å². The third-order valence-electron chi connectivity index (χ3n) is 5.79. The van der Waals surface area contributed by atoms with Crippen LogP contribution in [0.4, 0.5) is 0 Å². The van der Waals surface area contributed by atoms with E-state index in [1.807, 2.05) is 24.3 Å². The number of benzene rings is 1. The van der Waals surface area contributed by atoms with Crippen LogP contribution in [0, 0.1) is 0 Å². The van der Waals surface area contributed by atoms with Crippen LogP contribution in [0.1, 0.15) is 35.6 Å². The maximum Gasteiger partial charge on any atom is 0.148 e. The SMILES string of the molecule is OC12CCC(c3ccccc3)C1Oc1c2ccnc1CNC1COC1. The Morgan fingerprint density at radius 3 is 2.80 bits per heavy atom. The summed E-state index contributed by atoms with van der Waals surface area (Å²) in [6.45, 7) is 2.13. The molecule has 0 amide bonds. The Kier molecular flexibility index (Phi) is 3.55. The Bertz CT molecular complexity index is 778. The van der Waals surface area contributed by atoms with E-state index >= 15 is 0 Å². The maximum absolute atomic E-state index is 11.4. The first-order valence-corrected chi connectivity index (χ1v) is 8.99. The highest BCUT2D eigenvalue weighted by molar-refractivity contribution is 5.48. The highest BCUT2D eigenvalue weighted by Gasteiger charge is 2.56. The van der Waals surface area contributed by atoms with Crippen LogP contribution in [0.2, 0.25) is 0 Å². The van der Waals surface area contributed by atoms with Gasteiger partial charge in [-0.1, -0.05) is 30.3 Å². The topological polar surface area (TPSA) is 63.6 Å². The molecule has 0 spiro atoms. The zero-order valence-electron chi connectivity index (χ0n) is 14.0.